The summed E-state index contributed by atoms with van der Waals surface area (Å²) in [6.07, 6.45) is 4.95. The highest BCUT2D eigenvalue weighted by Crippen LogP contribution is 2.43. The minimum Gasteiger partial charge on any atom is -0.348 e. The third-order valence-electron chi connectivity index (χ3n) is 4.45. The number of thioether (sulfide) groups is 2. The quantitative estimate of drug-likeness (QED) is 0.595. The number of amides is 1. The molecule has 1 N–H and O–H groups in total. The van der Waals surface area contributed by atoms with Crippen molar-refractivity contribution in [2.75, 3.05) is 11.5 Å². The van der Waals surface area contributed by atoms with E-state index in [4.69, 9.17) is 11.6 Å². The normalized spacial score (nSPS) is 14.8. The number of hydrogen-bond acceptors (Lipinski definition) is 4. The molecule has 0 unspecified atom stereocenters. The van der Waals surface area contributed by atoms with Crippen molar-refractivity contribution < 1.29 is 4.79 Å². The van der Waals surface area contributed by atoms with E-state index in [1.807, 2.05) is 66.1 Å². The first-order chi connectivity index (χ1) is 13.7. The fourth-order valence-corrected chi connectivity index (χ4v) is 5.96. The highest BCUT2D eigenvalue weighted by molar-refractivity contribution is 8.16. The molecule has 2 aromatic carbocycles. The van der Waals surface area contributed by atoms with Crippen molar-refractivity contribution in [3.05, 3.63) is 82.6 Å². The van der Waals surface area contributed by atoms with Crippen LogP contribution in [0.25, 0.3) is 5.69 Å². The smallest absolute Gasteiger partial charge is 0.251 e. The number of halogens is 1. The minimum atomic E-state index is -0.0743. The Morgan fingerprint density at radius 3 is 2.54 bits per heavy atom. The first-order valence-electron chi connectivity index (χ1n) is 9.10. The van der Waals surface area contributed by atoms with Crippen LogP contribution >= 0.6 is 35.1 Å². The predicted octanol–water partition coefficient (Wildman–Crippen LogP) is 5.32. The standard InChI is InChI=1S/C21H20ClN3OS2/c22-18-6-8-19(9-7-18)25-14-15(13-24-25)12-23-20(26)16-2-4-17(5-3-16)21-27-10-1-11-28-21/h2-9,13-14,21H,1,10-12H2,(H,23,26). The number of benzene rings is 2. The van der Waals surface area contributed by atoms with Gasteiger partial charge >= 0.3 is 0 Å². The van der Waals surface area contributed by atoms with Gasteiger partial charge in [0.05, 0.1) is 16.5 Å². The Hall–Kier alpha value is -1.89. The number of nitrogens with zero attached hydrogens (tertiary/aromatic N) is 2. The number of nitrogens with one attached hydrogen (secondary N) is 1. The van der Waals surface area contributed by atoms with Gasteiger partial charge in [0.1, 0.15) is 0 Å². The van der Waals surface area contributed by atoms with Crippen molar-refractivity contribution in [2.24, 2.45) is 0 Å². The van der Waals surface area contributed by atoms with Gasteiger partial charge in [0.2, 0.25) is 0 Å². The maximum Gasteiger partial charge on any atom is 0.251 e. The highest BCUT2D eigenvalue weighted by Gasteiger charge is 2.17. The second-order valence-corrected chi connectivity index (χ2v) is 9.66. The zero-order valence-corrected chi connectivity index (χ0v) is 17.6. The molecule has 1 amide bonds. The molecule has 0 saturated carbocycles. The van der Waals surface area contributed by atoms with Crippen LogP contribution in [-0.4, -0.2) is 27.2 Å². The van der Waals surface area contributed by atoms with Crippen molar-refractivity contribution in [1.82, 2.24) is 15.1 Å². The molecule has 1 aliphatic rings. The van der Waals surface area contributed by atoms with Crippen molar-refractivity contribution in [1.29, 1.82) is 0 Å². The van der Waals surface area contributed by atoms with E-state index in [0.717, 1.165) is 11.3 Å². The summed E-state index contributed by atoms with van der Waals surface area (Å²) in [5.74, 6) is 2.35. The summed E-state index contributed by atoms with van der Waals surface area (Å²) in [7, 11) is 0. The van der Waals surface area contributed by atoms with Crippen LogP contribution in [0, 0.1) is 0 Å². The first kappa shape index (κ1) is 19.4. The molecular weight excluding hydrogens is 410 g/mol. The van der Waals surface area contributed by atoms with Crippen LogP contribution in [0.4, 0.5) is 0 Å². The van der Waals surface area contributed by atoms with Gasteiger partial charge in [-0.15, -0.1) is 23.5 Å². The largest absolute Gasteiger partial charge is 0.348 e. The average Bonchev–Trinajstić information content (AvgIpc) is 3.22. The molecular formula is C21H20ClN3OS2. The summed E-state index contributed by atoms with van der Waals surface area (Å²) < 4.78 is 2.26. The number of aromatic nitrogens is 2. The van der Waals surface area contributed by atoms with Gasteiger partial charge in [-0.05, 0) is 59.9 Å². The van der Waals surface area contributed by atoms with Crippen LogP contribution in [0.2, 0.25) is 5.02 Å². The summed E-state index contributed by atoms with van der Waals surface area (Å²) in [6, 6.07) is 15.4. The molecule has 4 rings (SSSR count). The molecule has 7 heteroatoms. The van der Waals surface area contributed by atoms with E-state index in [-0.39, 0.29) is 5.91 Å². The van der Waals surface area contributed by atoms with Crippen molar-refractivity contribution >= 4 is 41.0 Å². The van der Waals surface area contributed by atoms with Crippen LogP contribution < -0.4 is 5.32 Å². The van der Waals surface area contributed by atoms with Crippen LogP contribution in [0.1, 0.15) is 32.5 Å². The number of carbonyl (C=O) groups excluding carboxylic acids is 1. The Bertz CT molecular complexity index is 935. The van der Waals surface area contributed by atoms with Gasteiger partial charge in [-0.2, -0.15) is 5.10 Å². The van der Waals surface area contributed by atoms with Gasteiger partial charge in [0, 0.05) is 28.9 Å². The molecule has 0 atom stereocenters. The van der Waals surface area contributed by atoms with E-state index in [0.29, 0.717) is 21.7 Å². The van der Waals surface area contributed by atoms with Gasteiger partial charge in [-0.1, -0.05) is 23.7 Å². The third kappa shape index (κ3) is 4.74. The lowest BCUT2D eigenvalue weighted by atomic mass is 10.1. The van der Waals surface area contributed by atoms with Crippen molar-refractivity contribution in [2.45, 2.75) is 17.5 Å². The maximum atomic E-state index is 12.5. The molecule has 2 heterocycles. The Labute approximate surface area is 178 Å². The summed E-state index contributed by atoms with van der Waals surface area (Å²) in [5, 5.41) is 8.00. The highest BCUT2D eigenvalue weighted by atomic mass is 35.5. The summed E-state index contributed by atoms with van der Waals surface area (Å²) in [4.78, 5) is 12.5. The monoisotopic (exact) mass is 429 g/mol. The number of carbonyl (C=O) groups is 1. The topological polar surface area (TPSA) is 46.9 Å². The number of hydrogen-bond donors (Lipinski definition) is 1. The van der Waals surface area contributed by atoms with Crippen LogP contribution in [0.15, 0.2) is 60.9 Å². The van der Waals surface area contributed by atoms with E-state index in [2.05, 4.69) is 22.5 Å². The van der Waals surface area contributed by atoms with Gasteiger partial charge in [0.25, 0.3) is 5.91 Å². The zero-order chi connectivity index (χ0) is 19.3. The first-order valence-corrected chi connectivity index (χ1v) is 11.6. The molecule has 1 aromatic heterocycles. The SMILES string of the molecule is O=C(NCc1cnn(-c2ccc(Cl)cc2)c1)c1ccc(C2SCCCS2)cc1. The van der Waals surface area contributed by atoms with Crippen LogP contribution in [0.5, 0.6) is 0 Å². The molecule has 144 valence electrons. The zero-order valence-electron chi connectivity index (χ0n) is 15.2. The van der Waals surface area contributed by atoms with Gasteiger partial charge < -0.3 is 5.32 Å². The van der Waals surface area contributed by atoms with Gasteiger partial charge in [0.15, 0.2) is 0 Å². The second-order valence-electron chi connectivity index (χ2n) is 6.50. The van der Waals surface area contributed by atoms with E-state index in [9.17, 15) is 4.79 Å². The maximum absolute atomic E-state index is 12.5. The van der Waals surface area contributed by atoms with Crippen molar-refractivity contribution in [3.8, 4) is 5.69 Å². The average molecular weight is 430 g/mol. The van der Waals surface area contributed by atoms with Gasteiger partial charge in [-0.25, -0.2) is 4.68 Å². The summed E-state index contributed by atoms with van der Waals surface area (Å²) >= 11 is 9.89. The second kappa shape index (κ2) is 9.07. The Kier molecular flexibility index (Phi) is 6.29. The molecule has 1 fully saturated rings. The molecule has 0 aliphatic carbocycles. The molecule has 0 spiro atoms. The van der Waals surface area contributed by atoms with Crippen LogP contribution in [0.3, 0.4) is 0 Å². The van der Waals surface area contributed by atoms with E-state index >= 15 is 0 Å². The Balaban J connectivity index is 1.34. The molecule has 4 nitrogen and oxygen atoms in total. The molecule has 1 aliphatic heterocycles. The lowest BCUT2D eigenvalue weighted by molar-refractivity contribution is 0.0951. The molecule has 3 aromatic rings. The van der Waals surface area contributed by atoms with E-state index in [1.165, 1.54) is 23.5 Å². The molecule has 0 radical (unpaired) electrons. The van der Waals surface area contributed by atoms with E-state index < -0.39 is 0 Å². The molecule has 28 heavy (non-hydrogen) atoms. The van der Waals surface area contributed by atoms with Gasteiger partial charge in [-0.3, -0.25) is 4.79 Å². The fourth-order valence-electron chi connectivity index (χ4n) is 2.94. The lowest BCUT2D eigenvalue weighted by Gasteiger charge is -2.21. The Morgan fingerprint density at radius 2 is 1.82 bits per heavy atom. The van der Waals surface area contributed by atoms with Crippen molar-refractivity contribution in [3.63, 3.8) is 0 Å². The predicted molar refractivity (Wildman–Crippen MR) is 118 cm³/mol. The lowest BCUT2D eigenvalue weighted by Crippen LogP contribution is -2.22. The Morgan fingerprint density at radius 1 is 1.11 bits per heavy atom. The molecule has 1 saturated heterocycles. The van der Waals surface area contributed by atoms with Crippen LogP contribution in [-0.2, 0) is 6.54 Å². The third-order valence-corrected chi connectivity index (χ3v) is 7.72. The fraction of sp³-hybridized carbons (Fsp3) is 0.238. The molecule has 0 bridgehead atoms. The minimum absolute atomic E-state index is 0.0743. The van der Waals surface area contributed by atoms with E-state index in [1.54, 1.807) is 10.9 Å². The summed E-state index contributed by atoms with van der Waals surface area (Å²) in [6.45, 7) is 0.433. The number of rotatable bonds is 5. The summed E-state index contributed by atoms with van der Waals surface area (Å²) in [5.41, 5.74) is 3.83.